The minimum atomic E-state index is -4.98. The first-order valence-electron chi connectivity index (χ1n) is 5.83. The van der Waals surface area contributed by atoms with Gasteiger partial charge in [0.25, 0.3) is 0 Å². The molecule has 1 aromatic carbocycles. The maximum atomic E-state index is 12.4. The number of carbonyl (C=O) groups is 1. The Kier molecular flexibility index (Phi) is 4.50. The van der Waals surface area contributed by atoms with E-state index >= 15 is 0 Å². The zero-order chi connectivity index (χ0) is 14.7. The van der Waals surface area contributed by atoms with Gasteiger partial charge in [0.2, 0.25) is 0 Å². The van der Waals surface area contributed by atoms with Crippen molar-refractivity contribution in [2.75, 3.05) is 0 Å². The molecule has 0 saturated heterocycles. The van der Waals surface area contributed by atoms with Crippen molar-refractivity contribution >= 4 is 18.5 Å². The van der Waals surface area contributed by atoms with Crippen LogP contribution in [0.15, 0.2) is 24.3 Å². The van der Waals surface area contributed by atoms with Gasteiger partial charge in [0, 0.05) is 6.54 Å². The molecule has 19 heavy (non-hydrogen) atoms. The molecule has 0 aromatic heterocycles. The van der Waals surface area contributed by atoms with Crippen molar-refractivity contribution in [1.29, 1.82) is 0 Å². The van der Waals surface area contributed by atoms with Crippen LogP contribution in [0.5, 0.6) is 0 Å². The van der Waals surface area contributed by atoms with Crippen molar-refractivity contribution in [3.8, 4) is 0 Å². The van der Waals surface area contributed by atoms with E-state index < -0.39 is 24.1 Å². The van der Waals surface area contributed by atoms with Gasteiger partial charge in [-0.2, -0.15) is 0 Å². The summed E-state index contributed by atoms with van der Waals surface area (Å²) in [6.07, 6.45) is -0.600. The molecular weight excluding hydrogens is 258 g/mol. The molecule has 0 bridgehead atoms. The number of hydrogen-bond donors (Lipinski definition) is 1. The summed E-state index contributed by atoms with van der Waals surface area (Å²) in [6, 6.07) is 4.68. The van der Waals surface area contributed by atoms with Crippen molar-refractivity contribution in [2.24, 2.45) is 0 Å². The van der Waals surface area contributed by atoms with Crippen LogP contribution < -0.4 is 10.8 Å². The maximum Gasteiger partial charge on any atom is 0.509 e. The van der Waals surface area contributed by atoms with Crippen LogP contribution in [0.2, 0.25) is 0 Å². The Labute approximate surface area is 110 Å². The van der Waals surface area contributed by atoms with Crippen molar-refractivity contribution in [3.05, 3.63) is 29.8 Å². The Hall–Kier alpha value is -1.66. The molecule has 1 amide bonds. The molecule has 0 radical (unpaired) electrons. The van der Waals surface area contributed by atoms with Crippen molar-refractivity contribution in [1.82, 2.24) is 5.32 Å². The number of nitrogens with one attached hydrogen (secondary N) is 1. The average molecular weight is 274 g/mol. The van der Waals surface area contributed by atoms with Gasteiger partial charge in [-0.05, 0) is 26.3 Å². The Bertz CT molecular complexity index is 438. The van der Waals surface area contributed by atoms with Crippen LogP contribution in [0.25, 0.3) is 0 Å². The van der Waals surface area contributed by atoms with Crippen LogP contribution >= 0.6 is 0 Å². The molecular formula is C12H16BF3NO2-. The molecule has 0 fully saturated rings. The van der Waals surface area contributed by atoms with E-state index in [9.17, 15) is 17.7 Å². The third-order valence-electron chi connectivity index (χ3n) is 2.19. The molecule has 0 heterocycles. The van der Waals surface area contributed by atoms with Gasteiger partial charge >= 0.3 is 13.1 Å². The Morgan fingerprint density at radius 3 is 2.16 bits per heavy atom. The second-order valence-corrected chi connectivity index (χ2v) is 5.17. The molecule has 0 saturated carbocycles. The highest BCUT2D eigenvalue weighted by Gasteiger charge is 2.24. The summed E-state index contributed by atoms with van der Waals surface area (Å²) >= 11 is 0. The van der Waals surface area contributed by atoms with Crippen LogP contribution in [-0.4, -0.2) is 18.7 Å². The number of hydrogen-bond acceptors (Lipinski definition) is 2. The predicted octanol–water partition coefficient (Wildman–Crippen LogP) is 2.77. The van der Waals surface area contributed by atoms with E-state index in [1.165, 1.54) is 12.1 Å². The Morgan fingerprint density at radius 2 is 1.74 bits per heavy atom. The number of rotatable bonds is 3. The van der Waals surface area contributed by atoms with Gasteiger partial charge in [0.1, 0.15) is 5.60 Å². The maximum absolute atomic E-state index is 12.4. The Balaban J connectivity index is 2.53. The SMILES string of the molecule is CC(C)(C)OC(=O)NCc1ccc([B-](F)(F)F)cc1. The average Bonchev–Trinajstić information content (AvgIpc) is 2.23. The lowest BCUT2D eigenvalue weighted by Gasteiger charge is -2.20. The molecule has 7 heteroatoms. The lowest BCUT2D eigenvalue weighted by molar-refractivity contribution is 0.0523. The smallest absolute Gasteiger partial charge is 0.445 e. The van der Waals surface area contributed by atoms with Crippen LogP contribution in [0, 0.1) is 0 Å². The Morgan fingerprint density at radius 1 is 1.21 bits per heavy atom. The van der Waals surface area contributed by atoms with Gasteiger partial charge in [-0.15, -0.1) is 5.46 Å². The van der Waals surface area contributed by atoms with Gasteiger partial charge in [-0.1, -0.05) is 24.3 Å². The summed E-state index contributed by atoms with van der Waals surface area (Å²) in [6.45, 7) is 0.334. The standard InChI is InChI=1S/C12H16BF3NO2/c1-12(2,3)19-11(18)17-8-9-4-6-10(7-5-9)13(14,15)16/h4-7H,8H2,1-3H3,(H,17,18)/q-1. The molecule has 1 N–H and O–H groups in total. The fourth-order valence-electron chi connectivity index (χ4n) is 1.34. The highest BCUT2D eigenvalue weighted by molar-refractivity contribution is 6.73. The van der Waals surface area contributed by atoms with E-state index in [-0.39, 0.29) is 6.54 Å². The summed E-state index contributed by atoms with van der Waals surface area (Å²) in [7, 11) is 0. The fourth-order valence-corrected chi connectivity index (χ4v) is 1.34. The predicted molar refractivity (Wildman–Crippen MR) is 68.2 cm³/mol. The topological polar surface area (TPSA) is 38.3 Å². The van der Waals surface area contributed by atoms with Crippen LogP contribution in [0.4, 0.5) is 17.7 Å². The number of benzene rings is 1. The summed E-state index contributed by atoms with van der Waals surface area (Å²) in [4.78, 5) is 11.3. The van der Waals surface area contributed by atoms with Crippen LogP contribution in [0.1, 0.15) is 26.3 Å². The lowest BCUT2D eigenvalue weighted by Crippen LogP contribution is -2.34. The third kappa shape index (κ3) is 5.67. The number of ether oxygens (including phenoxy) is 1. The van der Waals surface area contributed by atoms with E-state index in [2.05, 4.69) is 5.32 Å². The molecule has 1 rings (SSSR count). The third-order valence-corrected chi connectivity index (χ3v) is 2.19. The normalized spacial score (nSPS) is 12.1. The van der Waals surface area contributed by atoms with Crippen molar-refractivity contribution < 1.29 is 22.5 Å². The van der Waals surface area contributed by atoms with E-state index in [0.29, 0.717) is 5.56 Å². The van der Waals surface area contributed by atoms with Gasteiger partial charge < -0.3 is 23.0 Å². The van der Waals surface area contributed by atoms with Crippen molar-refractivity contribution in [3.63, 3.8) is 0 Å². The molecule has 1 aromatic rings. The molecule has 0 atom stereocenters. The van der Waals surface area contributed by atoms with Crippen molar-refractivity contribution in [2.45, 2.75) is 32.9 Å². The monoisotopic (exact) mass is 274 g/mol. The van der Waals surface area contributed by atoms with Gasteiger partial charge in [0.15, 0.2) is 0 Å². The minimum absolute atomic E-state index is 0.125. The molecule has 3 nitrogen and oxygen atoms in total. The largest absolute Gasteiger partial charge is 0.509 e. The van der Waals surface area contributed by atoms with E-state index in [4.69, 9.17) is 4.74 Å². The summed E-state index contributed by atoms with van der Waals surface area (Å²) < 4.78 is 42.2. The van der Waals surface area contributed by atoms with E-state index in [1.807, 2.05) is 0 Å². The summed E-state index contributed by atoms with van der Waals surface area (Å²) in [5.41, 5.74) is -0.678. The van der Waals surface area contributed by atoms with Crippen LogP contribution in [-0.2, 0) is 11.3 Å². The number of alkyl carbamates (subject to hydrolysis) is 1. The fraction of sp³-hybridized carbons (Fsp3) is 0.417. The lowest BCUT2D eigenvalue weighted by atomic mass is 9.80. The molecule has 0 unspecified atom stereocenters. The minimum Gasteiger partial charge on any atom is -0.445 e. The van der Waals surface area contributed by atoms with Crippen LogP contribution in [0.3, 0.4) is 0 Å². The van der Waals surface area contributed by atoms with Gasteiger partial charge in [-0.3, -0.25) is 0 Å². The summed E-state index contributed by atoms with van der Waals surface area (Å²) in [5, 5.41) is 2.48. The first-order chi connectivity index (χ1) is 8.58. The molecule has 0 aliphatic rings. The number of halogens is 3. The zero-order valence-electron chi connectivity index (χ0n) is 11.0. The zero-order valence-corrected chi connectivity index (χ0v) is 11.0. The highest BCUT2D eigenvalue weighted by Crippen LogP contribution is 2.10. The quantitative estimate of drug-likeness (QED) is 0.861. The van der Waals surface area contributed by atoms with Gasteiger partial charge in [-0.25, -0.2) is 4.79 Å². The molecule has 0 spiro atoms. The number of amides is 1. The second kappa shape index (κ2) is 5.55. The molecule has 106 valence electrons. The highest BCUT2D eigenvalue weighted by atomic mass is 19.4. The first-order valence-corrected chi connectivity index (χ1v) is 5.83. The second-order valence-electron chi connectivity index (χ2n) is 5.17. The van der Waals surface area contributed by atoms with E-state index in [1.54, 1.807) is 20.8 Å². The molecule has 0 aliphatic carbocycles. The summed E-state index contributed by atoms with van der Waals surface area (Å²) in [5.74, 6) is 0. The molecule has 0 aliphatic heterocycles. The van der Waals surface area contributed by atoms with E-state index in [0.717, 1.165) is 12.1 Å². The van der Waals surface area contributed by atoms with Gasteiger partial charge in [0.05, 0.1) is 0 Å². The number of carbonyl (C=O) groups excluding carboxylic acids is 1. The first kappa shape index (κ1) is 15.4.